The van der Waals surface area contributed by atoms with Crippen molar-refractivity contribution in [3.63, 3.8) is 0 Å². The largest absolute Gasteiger partial charge is 0.298 e. The molecule has 0 amide bonds. The molecule has 66 valence electrons. The molecule has 1 saturated heterocycles. The predicted molar refractivity (Wildman–Crippen MR) is 45.4 cm³/mol. The summed E-state index contributed by atoms with van der Waals surface area (Å²) >= 11 is 0. The molecule has 0 saturated carbocycles. The fraction of sp³-hybridized carbons (Fsp3) is 1.00. The number of halogens is 1. The lowest BCUT2D eigenvalue weighted by molar-refractivity contribution is 0.0313. The Labute approximate surface area is 68.6 Å². The van der Waals surface area contributed by atoms with E-state index in [-0.39, 0.29) is 0 Å². The van der Waals surface area contributed by atoms with Gasteiger partial charge in [0.25, 0.3) is 0 Å². The van der Waals surface area contributed by atoms with E-state index in [1.165, 1.54) is 6.42 Å². The Kier molecular flexibility index (Phi) is 2.88. The van der Waals surface area contributed by atoms with E-state index in [1.807, 2.05) is 0 Å². The Morgan fingerprint density at radius 3 is 2.36 bits per heavy atom. The van der Waals surface area contributed by atoms with Crippen molar-refractivity contribution in [1.29, 1.82) is 0 Å². The van der Waals surface area contributed by atoms with Crippen LogP contribution in [-0.4, -0.2) is 29.7 Å². The second-order valence-corrected chi connectivity index (χ2v) is 3.74. The summed E-state index contributed by atoms with van der Waals surface area (Å²) in [6, 6.07) is 1.37. The topological polar surface area (TPSA) is 3.24 Å². The molecule has 1 rings (SSSR count). The zero-order valence-corrected chi connectivity index (χ0v) is 7.68. The van der Waals surface area contributed by atoms with E-state index < -0.39 is 6.17 Å². The van der Waals surface area contributed by atoms with Gasteiger partial charge in [-0.2, -0.15) is 0 Å². The Morgan fingerprint density at radius 2 is 2.00 bits per heavy atom. The molecule has 1 heterocycles. The zero-order valence-electron chi connectivity index (χ0n) is 7.68. The number of likely N-dealkylation sites (tertiary alicyclic amines) is 1. The molecule has 0 radical (unpaired) electrons. The van der Waals surface area contributed by atoms with E-state index in [0.717, 1.165) is 6.54 Å². The van der Waals surface area contributed by atoms with Gasteiger partial charge in [0.2, 0.25) is 0 Å². The fourth-order valence-corrected chi connectivity index (χ4v) is 1.83. The molecule has 0 bridgehead atoms. The number of hydrogen-bond acceptors (Lipinski definition) is 1. The molecule has 1 fully saturated rings. The third-order valence-electron chi connectivity index (χ3n) is 2.60. The summed E-state index contributed by atoms with van der Waals surface area (Å²) in [6.45, 7) is 6.99. The van der Waals surface area contributed by atoms with Crippen molar-refractivity contribution >= 4 is 0 Å². The van der Waals surface area contributed by atoms with Crippen molar-refractivity contribution in [2.45, 2.75) is 51.9 Å². The molecule has 11 heavy (non-hydrogen) atoms. The highest BCUT2D eigenvalue weighted by molar-refractivity contribution is 4.86. The van der Waals surface area contributed by atoms with Crippen molar-refractivity contribution in [1.82, 2.24) is 4.90 Å². The number of nitrogens with zero attached hydrogens (tertiary/aromatic N) is 1. The Hall–Kier alpha value is -0.110. The van der Waals surface area contributed by atoms with Crippen LogP contribution in [0.25, 0.3) is 0 Å². The summed E-state index contributed by atoms with van der Waals surface area (Å²) in [5.41, 5.74) is 0. The van der Waals surface area contributed by atoms with Crippen molar-refractivity contribution in [3.8, 4) is 0 Å². The van der Waals surface area contributed by atoms with Gasteiger partial charge in [-0.1, -0.05) is 0 Å². The third-order valence-corrected chi connectivity index (χ3v) is 2.60. The van der Waals surface area contributed by atoms with Gasteiger partial charge in [0.1, 0.15) is 0 Å². The zero-order chi connectivity index (χ0) is 8.43. The van der Waals surface area contributed by atoms with E-state index in [2.05, 4.69) is 18.7 Å². The van der Waals surface area contributed by atoms with Crippen LogP contribution in [0.4, 0.5) is 4.39 Å². The van der Waals surface area contributed by atoms with Gasteiger partial charge in [0, 0.05) is 18.6 Å². The van der Waals surface area contributed by atoms with E-state index in [9.17, 15) is 4.39 Å². The van der Waals surface area contributed by atoms with Crippen LogP contribution in [0.3, 0.4) is 0 Å². The third kappa shape index (κ3) is 2.16. The first-order valence-corrected chi connectivity index (χ1v) is 4.51. The fourth-order valence-electron chi connectivity index (χ4n) is 1.83. The summed E-state index contributed by atoms with van der Waals surface area (Å²) in [6.07, 6.45) is 1.32. The van der Waals surface area contributed by atoms with Gasteiger partial charge in [-0.25, -0.2) is 4.39 Å². The van der Waals surface area contributed by atoms with Gasteiger partial charge in [0.15, 0.2) is 0 Å². The number of rotatable bonds is 3. The first kappa shape index (κ1) is 8.98. The standard InChI is InChI=1S/C9H18FN/c1-7(10)4-5-11-8(2)6-9(11)3/h7-9H,4-6H2,1-3H3. The number of hydrogen-bond donors (Lipinski definition) is 0. The molecule has 3 unspecified atom stereocenters. The molecule has 0 aromatic rings. The van der Waals surface area contributed by atoms with Crippen LogP contribution in [0.15, 0.2) is 0 Å². The Bertz CT molecular complexity index is 117. The molecular weight excluding hydrogens is 141 g/mol. The van der Waals surface area contributed by atoms with E-state index in [4.69, 9.17) is 0 Å². The van der Waals surface area contributed by atoms with Crippen molar-refractivity contribution in [3.05, 3.63) is 0 Å². The maximum atomic E-state index is 12.4. The quantitative estimate of drug-likeness (QED) is 0.610. The van der Waals surface area contributed by atoms with Crippen molar-refractivity contribution < 1.29 is 4.39 Å². The maximum absolute atomic E-state index is 12.4. The minimum atomic E-state index is -0.644. The summed E-state index contributed by atoms with van der Waals surface area (Å²) in [5.74, 6) is 0. The molecule has 0 aromatic carbocycles. The highest BCUT2D eigenvalue weighted by Gasteiger charge is 2.30. The lowest BCUT2D eigenvalue weighted by Crippen LogP contribution is -2.53. The normalized spacial score (nSPS) is 34.9. The summed E-state index contributed by atoms with van der Waals surface area (Å²) in [4.78, 5) is 2.37. The van der Waals surface area contributed by atoms with Gasteiger partial charge in [-0.05, 0) is 33.6 Å². The second kappa shape index (κ2) is 3.53. The van der Waals surface area contributed by atoms with Gasteiger partial charge in [-0.15, -0.1) is 0 Å². The minimum Gasteiger partial charge on any atom is -0.298 e. The number of alkyl halides is 1. The second-order valence-electron chi connectivity index (χ2n) is 3.74. The van der Waals surface area contributed by atoms with E-state index >= 15 is 0 Å². The molecular formula is C9H18FN. The highest BCUT2D eigenvalue weighted by atomic mass is 19.1. The lowest BCUT2D eigenvalue weighted by atomic mass is 9.95. The smallest absolute Gasteiger partial charge is 0.0985 e. The van der Waals surface area contributed by atoms with Crippen molar-refractivity contribution in [2.75, 3.05) is 6.54 Å². The summed E-state index contributed by atoms with van der Waals surface area (Å²) < 4.78 is 12.4. The molecule has 2 heteroatoms. The molecule has 0 aliphatic carbocycles. The van der Waals surface area contributed by atoms with E-state index in [1.54, 1.807) is 6.92 Å². The van der Waals surface area contributed by atoms with Crippen molar-refractivity contribution in [2.24, 2.45) is 0 Å². The highest BCUT2D eigenvalue weighted by Crippen LogP contribution is 2.24. The van der Waals surface area contributed by atoms with Crippen LogP contribution in [-0.2, 0) is 0 Å². The van der Waals surface area contributed by atoms with Crippen LogP contribution in [0.2, 0.25) is 0 Å². The van der Waals surface area contributed by atoms with Crippen LogP contribution in [0.5, 0.6) is 0 Å². The van der Waals surface area contributed by atoms with Gasteiger partial charge >= 0.3 is 0 Å². The van der Waals surface area contributed by atoms with Crippen LogP contribution in [0.1, 0.15) is 33.6 Å². The monoisotopic (exact) mass is 159 g/mol. The average molecular weight is 159 g/mol. The molecule has 0 aromatic heterocycles. The van der Waals surface area contributed by atoms with Crippen LogP contribution in [0, 0.1) is 0 Å². The first-order chi connectivity index (χ1) is 5.11. The maximum Gasteiger partial charge on any atom is 0.0985 e. The molecule has 0 spiro atoms. The molecule has 3 atom stereocenters. The molecule has 1 aliphatic heterocycles. The van der Waals surface area contributed by atoms with Crippen LogP contribution < -0.4 is 0 Å². The minimum absolute atomic E-state index is 0.644. The summed E-state index contributed by atoms with van der Waals surface area (Å²) in [5, 5.41) is 0. The van der Waals surface area contributed by atoms with E-state index in [0.29, 0.717) is 18.5 Å². The van der Waals surface area contributed by atoms with Gasteiger partial charge in [-0.3, -0.25) is 4.90 Å². The molecule has 1 nitrogen and oxygen atoms in total. The molecule has 1 aliphatic rings. The predicted octanol–water partition coefficient (Wildman–Crippen LogP) is 2.22. The van der Waals surface area contributed by atoms with Gasteiger partial charge in [0.05, 0.1) is 6.17 Å². The first-order valence-electron chi connectivity index (χ1n) is 4.51. The lowest BCUT2D eigenvalue weighted by Gasteiger charge is -2.45. The Morgan fingerprint density at radius 1 is 1.45 bits per heavy atom. The van der Waals surface area contributed by atoms with Crippen LogP contribution >= 0.6 is 0 Å². The van der Waals surface area contributed by atoms with Gasteiger partial charge < -0.3 is 0 Å². The SMILES string of the molecule is CC(F)CCN1C(C)CC1C. The average Bonchev–Trinajstić information content (AvgIpc) is 1.86. The molecule has 0 N–H and O–H groups in total. The Balaban J connectivity index is 2.15. The summed E-state index contributed by atoms with van der Waals surface area (Å²) in [7, 11) is 0.